The Balaban J connectivity index is 1.86. The third-order valence-electron chi connectivity index (χ3n) is 3.26. The minimum atomic E-state index is 0.00981. The van der Waals surface area contributed by atoms with Crippen molar-refractivity contribution in [3.8, 4) is 0 Å². The zero-order valence-electron chi connectivity index (χ0n) is 9.03. The van der Waals surface area contributed by atoms with Gasteiger partial charge in [-0.3, -0.25) is 4.79 Å². The number of carbonyl (C=O) groups is 1. The SMILES string of the molecule is CC(C)C1OC(=O)C1CN1CCCC1. The van der Waals surface area contributed by atoms with Crippen molar-refractivity contribution in [1.82, 2.24) is 4.90 Å². The molecule has 2 aliphatic heterocycles. The third kappa shape index (κ3) is 1.78. The summed E-state index contributed by atoms with van der Waals surface area (Å²) in [6.45, 7) is 7.48. The van der Waals surface area contributed by atoms with E-state index < -0.39 is 0 Å². The van der Waals surface area contributed by atoms with Crippen molar-refractivity contribution in [3.63, 3.8) is 0 Å². The van der Waals surface area contributed by atoms with Gasteiger partial charge in [0.15, 0.2) is 0 Å². The van der Waals surface area contributed by atoms with E-state index in [0.717, 1.165) is 19.6 Å². The fourth-order valence-corrected chi connectivity index (χ4v) is 2.39. The monoisotopic (exact) mass is 197 g/mol. The van der Waals surface area contributed by atoms with Gasteiger partial charge in [-0.25, -0.2) is 0 Å². The van der Waals surface area contributed by atoms with Gasteiger partial charge in [0, 0.05) is 6.54 Å². The molecule has 2 saturated heterocycles. The third-order valence-corrected chi connectivity index (χ3v) is 3.26. The number of hydrogen-bond acceptors (Lipinski definition) is 3. The molecule has 0 radical (unpaired) electrons. The molecule has 2 aliphatic rings. The largest absolute Gasteiger partial charge is 0.461 e. The van der Waals surface area contributed by atoms with E-state index in [1.165, 1.54) is 12.8 Å². The minimum absolute atomic E-state index is 0.00981. The molecular formula is C11H19NO2. The quantitative estimate of drug-likeness (QED) is 0.638. The van der Waals surface area contributed by atoms with Gasteiger partial charge in [-0.15, -0.1) is 0 Å². The van der Waals surface area contributed by atoms with E-state index in [0.29, 0.717) is 5.92 Å². The molecule has 2 fully saturated rings. The summed E-state index contributed by atoms with van der Waals surface area (Å²) in [5, 5.41) is 0. The topological polar surface area (TPSA) is 29.5 Å². The molecule has 0 aromatic heterocycles. The summed E-state index contributed by atoms with van der Waals surface area (Å²) in [4.78, 5) is 13.7. The molecular weight excluding hydrogens is 178 g/mol. The van der Waals surface area contributed by atoms with Gasteiger partial charge in [-0.2, -0.15) is 0 Å². The molecule has 0 amide bonds. The predicted molar refractivity (Wildman–Crippen MR) is 53.9 cm³/mol. The van der Waals surface area contributed by atoms with Crippen LogP contribution in [0.5, 0.6) is 0 Å². The molecule has 2 unspecified atom stereocenters. The molecule has 14 heavy (non-hydrogen) atoms. The minimum Gasteiger partial charge on any atom is -0.461 e. The molecule has 2 heterocycles. The van der Waals surface area contributed by atoms with Gasteiger partial charge in [0.2, 0.25) is 0 Å². The first-order valence-corrected chi connectivity index (χ1v) is 5.61. The van der Waals surface area contributed by atoms with Crippen LogP contribution in [0.2, 0.25) is 0 Å². The highest BCUT2D eigenvalue weighted by Crippen LogP contribution is 2.29. The van der Waals surface area contributed by atoms with Gasteiger partial charge < -0.3 is 9.64 Å². The Kier molecular flexibility index (Phi) is 2.77. The van der Waals surface area contributed by atoms with E-state index in [4.69, 9.17) is 4.74 Å². The van der Waals surface area contributed by atoms with Crippen LogP contribution in [0, 0.1) is 11.8 Å². The van der Waals surface area contributed by atoms with Crippen LogP contribution in [0.3, 0.4) is 0 Å². The van der Waals surface area contributed by atoms with Gasteiger partial charge in [-0.05, 0) is 31.8 Å². The second kappa shape index (κ2) is 3.89. The van der Waals surface area contributed by atoms with Crippen LogP contribution in [0.4, 0.5) is 0 Å². The van der Waals surface area contributed by atoms with Crippen LogP contribution < -0.4 is 0 Å². The van der Waals surface area contributed by atoms with Crippen molar-refractivity contribution >= 4 is 5.97 Å². The van der Waals surface area contributed by atoms with Crippen molar-refractivity contribution in [2.24, 2.45) is 11.8 Å². The van der Waals surface area contributed by atoms with Gasteiger partial charge >= 0.3 is 5.97 Å². The Morgan fingerprint density at radius 2 is 2.07 bits per heavy atom. The summed E-state index contributed by atoms with van der Waals surface area (Å²) in [7, 11) is 0. The molecule has 0 N–H and O–H groups in total. The fourth-order valence-electron chi connectivity index (χ4n) is 2.39. The van der Waals surface area contributed by atoms with Crippen LogP contribution in [0.25, 0.3) is 0 Å². The lowest BCUT2D eigenvalue weighted by molar-refractivity contribution is -0.191. The summed E-state index contributed by atoms with van der Waals surface area (Å²) in [6, 6.07) is 0. The summed E-state index contributed by atoms with van der Waals surface area (Å²) < 4.78 is 5.16. The van der Waals surface area contributed by atoms with Crippen LogP contribution in [-0.2, 0) is 9.53 Å². The Hall–Kier alpha value is -0.570. The van der Waals surface area contributed by atoms with Crippen LogP contribution in [-0.4, -0.2) is 36.6 Å². The Morgan fingerprint density at radius 3 is 2.57 bits per heavy atom. The molecule has 0 spiro atoms. The predicted octanol–water partition coefficient (Wildman–Crippen LogP) is 1.28. The van der Waals surface area contributed by atoms with E-state index >= 15 is 0 Å². The zero-order valence-corrected chi connectivity index (χ0v) is 9.03. The molecule has 0 aliphatic carbocycles. The molecule has 0 saturated carbocycles. The fraction of sp³-hybridized carbons (Fsp3) is 0.909. The molecule has 3 heteroatoms. The maximum Gasteiger partial charge on any atom is 0.314 e. The molecule has 0 aromatic rings. The normalized spacial score (nSPS) is 33.2. The van der Waals surface area contributed by atoms with Gasteiger partial charge in [-0.1, -0.05) is 13.8 Å². The van der Waals surface area contributed by atoms with E-state index in [2.05, 4.69) is 18.7 Å². The highest BCUT2D eigenvalue weighted by molar-refractivity contribution is 5.78. The maximum atomic E-state index is 11.3. The zero-order chi connectivity index (χ0) is 10.1. The summed E-state index contributed by atoms with van der Waals surface area (Å²) >= 11 is 0. The van der Waals surface area contributed by atoms with Gasteiger partial charge in [0.1, 0.15) is 12.0 Å². The van der Waals surface area contributed by atoms with Crippen molar-refractivity contribution < 1.29 is 9.53 Å². The van der Waals surface area contributed by atoms with Crippen molar-refractivity contribution in [2.45, 2.75) is 32.8 Å². The van der Waals surface area contributed by atoms with Crippen molar-refractivity contribution in [2.75, 3.05) is 19.6 Å². The molecule has 0 aromatic carbocycles. The Bertz CT molecular complexity index is 221. The van der Waals surface area contributed by atoms with Gasteiger partial charge in [0.05, 0.1) is 0 Å². The number of hydrogen-bond donors (Lipinski definition) is 0. The first-order valence-electron chi connectivity index (χ1n) is 5.61. The molecule has 0 bridgehead atoms. The Morgan fingerprint density at radius 1 is 1.43 bits per heavy atom. The first kappa shape index (κ1) is 9.97. The number of carbonyl (C=O) groups excluding carboxylic acids is 1. The maximum absolute atomic E-state index is 11.3. The van der Waals surface area contributed by atoms with Crippen LogP contribution in [0.1, 0.15) is 26.7 Å². The second-order valence-corrected chi connectivity index (χ2v) is 4.76. The lowest BCUT2D eigenvalue weighted by Gasteiger charge is -2.39. The Labute approximate surface area is 85.4 Å². The first-order chi connectivity index (χ1) is 6.68. The smallest absolute Gasteiger partial charge is 0.314 e. The molecule has 80 valence electrons. The summed E-state index contributed by atoms with van der Waals surface area (Å²) in [6.07, 6.45) is 2.74. The van der Waals surface area contributed by atoms with E-state index in [-0.39, 0.29) is 18.0 Å². The molecule has 3 nitrogen and oxygen atoms in total. The van der Waals surface area contributed by atoms with E-state index in [1.807, 2.05) is 0 Å². The number of ether oxygens (including phenoxy) is 1. The van der Waals surface area contributed by atoms with Crippen molar-refractivity contribution in [3.05, 3.63) is 0 Å². The highest BCUT2D eigenvalue weighted by atomic mass is 16.6. The standard InChI is InChI=1S/C11H19NO2/c1-8(2)10-9(11(13)14-10)7-12-5-3-4-6-12/h8-10H,3-7H2,1-2H3. The lowest BCUT2D eigenvalue weighted by Crippen LogP contribution is -2.52. The average molecular weight is 197 g/mol. The van der Waals surface area contributed by atoms with E-state index in [9.17, 15) is 4.79 Å². The number of esters is 1. The van der Waals surface area contributed by atoms with Crippen LogP contribution in [0.15, 0.2) is 0 Å². The van der Waals surface area contributed by atoms with Gasteiger partial charge in [0.25, 0.3) is 0 Å². The molecule has 2 rings (SSSR count). The number of rotatable bonds is 3. The average Bonchev–Trinajstić information content (AvgIpc) is 2.62. The second-order valence-electron chi connectivity index (χ2n) is 4.76. The highest BCUT2D eigenvalue weighted by Gasteiger charge is 2.44. The number of nitrogens with zero attached hydrogens (tertiary/aromatic N) is 1. The summed E-state index contributed by atoms with van der Waals surface area (Å²) in [5.74, 6) is 0.615. The number of likely N-dealkylation sites (tertiary alicyclic amines) is 1. The molecule has 2 atom stereocenters. The number of cyclic esters (lactones) is 1. The van der Waals surface area contributed by atoms with E-state index in [1.54, 1.807) is 0 Å². The van der Waals surface area contributed by atoms with Crippen LogP contribution >= 0.6 is 0 Å². The summed E-state index contributed by atoms with van der Waals surface area (Å²) in [5.41, 5.74) is 0. The van der Waals surface area contributed by atoms with Crippen molar-refractivity contribution in [1.29, 1.82) is 0 Å². The lowest BCUT2D eigenvalue weighted by atomic mass is 9.88.